The first-order chi connectivity index (χ1) is 21.7. The van der Waals surface area contributed by atoms with Crippen LogP contribution in [0.25, 0.3) is 21.8 Å². The van der Waals surface area contributed by atoms with Gasteiger partial charge in [0.25, 0.3) is 5.91 Å². The van der Waals surface area contributed by atoms with E-state index < -0.39 is 0 Å². The molecule has 4 heterocycles. The highest BCUT2D eigenvalue weighted by Gasteiger charge is 2.32. The summed E-state index contributed by atoms with van der Waals surface area (Å²) in [6.45, 7) is 9.19. The quantitative estimate of drug-likeness (QED) is 0.200. The minimum atomic E-state index is 0.0353. The van der Waals surface area contributed by atoms with Gasteiger partial charge >= 0.3 is 0 Å². The summed E-state index contributed by atoms with van der Waals surface area (Å²) in [7, 11) is 1.63. The molecule has 1 amide bonds. The van der Waals surface area contributed by atoms with Gasteiger partial charge < -0.3 is 28.7 Å². The van der Waals surface area contributed by atoms with E-state index >= 15 is 0 Å². The molecule has 7 rings (SSSR count). The molecule has 1 aromatic heterocycles. The molecule has 3 aliphatic heterocycles. The molecule has 3 aromatic carbocycles. The van der Waals surface area contributed by atoms with Crippen LogP contribution in [0.5, 0.6) is 11.5 Å². The monoisotopic (exact) mass is 593 g/mol. The number of amides is 1. The Balaban J connectivity index is 0.843. The second kappa shape index (κ2) is 13.0. The number of piperazine rings is 1. The van der Waals surface area contributed by atoms with Gasteiger partial charge in [-0.15, -0.1) is 0 Å². The Kier molecular flexibility index (Phi) is 8.53. The van der Waals surface area contributed by atoms with E-state index in [0.717, 1.165) is 84.5 Å². The van der Waals surface area contributed by atoms with Crippen molar-refractivity contribution in [3.05, 3.63) is 66.2 Å². The average molecular weight is 594 g/mol. The number of carbonyl (C=O) groups is 1. The molecule has 2 saturated heterocycles. The normalized spacial score (nSPS) is 19.0. The van der Waals surface area contributed by atoms with E-state index in [4.69, 9.17) is 9.47 Å². The van der Waals surface area contributed by atoms with E-state index in [0.29, 0.717) is 29.4 Å². The zero-order chi connectivity index (χ0) is 29.9. The van der Waals surface area contributed by atoms with Crippen LogP contribution in [0.3, 0.4) is 0 Å². The van der Waals surface area contributed by atoms with Gasteiger partial charge in [0.1, 0.15) is 0 Å². The number of fused-ring (bicyclic) bond motifs is 5. The van der Waals surface area contributed by atoms with Gasteiger partial charge in [-0.1, -0.05) is 36.4 Å². The van der Waals surface area contributed by atoms with Gasteiger partial charge in [-0.05, 0) is 63.4 Å². The van der Waals surface area contributed by atoms with Crippen LogP contribution in [0.1, 0.15) is 42.5 Å². The van der Waals surface area contributed by atoms with Crippen LogP contribution in [-0.4, -0.2) is 97.0 Å². The van der Waals surface area contributed by atoms with Gasteiger partial charge in [0.2, 0.25) is 0 Å². The first-order valence-electron chi connectivity index (χ1n) is 16.3. The predicted octanol–water partition coefficient (Wildman–Crippen LogP) is 5.99. The molecule has 0 saturated carbocycles. The van der Waals surface area contributed by atoms with Gasteiger partial charge in [-0.2, -0.15) is 0 Å². The number of aliphatic imine (C=N–C) groups is 1. The molecule has 44 heavy (non-hydrogen) atoms. The van der Waals surface area contributed by atoms with Gasteiger partial charge in [0, 0.05) is 73.4 Å². The maximum absolute atomic E-state index is 13.1. The third kappa shape index (κ3) is 5.81. The summed E-state index contributed by atoms with van der Waals surface area (Å²) in [5.41, 5.74) is 3.95. The van der Waals surface area contributed by atoms with Crippen molar-refractivity contribution in [3.8, 4) is 11.5 Å². The molecule has 0 spiro atoms. The smallest absolute Gasteiger partial charge is 0.256 e. The maximum Gasteiger partial charge on any atom is 0.256 e. The lowest BCUT2D eigenvalue weighted by Gasteiger charge is -2.34. The van der Waals surface area contributed by atoms with Crippen LogP contribution >= 0.6 is 0 Å². The predicted molar refractivity (Wildman–Crippen MR) is 177 cm³/mol. The summed E-state index contributed by atoms with van der Waals surface area (Å²) in [4.78, 5) is 24.9. The zero-order valence-corrected chi connectivity index (χ0v) is 25.8. The fraction of sp³-hybridized carbons (Fsp3) is 0.444. The zero-order valence-electron chi connectivity index (χ0n) is 25.8. The fourth-order valence-corrected chi connectivity index (χ4v) is 7.17. The highest BCUT2D eigenvalue weighted by atomic mass is 16.5. The van der Waals surface area contributed by atoms with E-state index in [2.05, 4.69) is 67.9 Å². The largest absolute Gasteiger partial charge is 0.493 e. The van der Waals surface area contributed by atoms with Crippen molar-refractivity contribution in [2.75, 3.05) is 59.5 Å². The maximum atomic E-state index is 13.1. The molecule has 0 N–H and O–H groups in total. The second-order valence-electron chi connectivity index (χ2n) is 12.3. The number of rotatable bonds is 11. The van der Waals surface area contributed by atoms with Gasteiger partial charge in [0.15, 0.2) is 11.5 Å². The Hall–Kier alpha value is -3.88. The van der Waals surface area contributed by atoms with Crippen LogP contribution in [0.15, 0.2) is 65.7 Å². The van der Waals surface area contributed by atoms with Gasteiger partial charge in [-0.3, -0.25) is 9.79 Å². The molecule has 0 unspecified atom stereocenters. The highest BCUT2D eigenvalue weighted by Crippen LogP contribution is 2.38. The first kappa shape index (κ1) is 28.9. The number of hydrogen-bond donors (Lipinski definition) is 0. The summed E-state index contributed by atoms with van der Waals surface area (Å²) in [5, 5.41) is 2.70. The van der Waals surface area contributed by atoms with E-state index in [1.54, 1.807) is 13.2 Å². The van der Waals surface area contributed by atoms with Crippen molar-refractivity contribution in [1.29, 1.82) is 0 Å². The Morgan fingerprint density at radius 2 is 1.48 bits per heavy atom. The lowest BCUT2D eigenvalue weighted by molar-refractivity contribution is 0.0774. The van der Waals surface area contributed by atoms with Gasteiger partial charge in [0.05, 0.1) is 31.0 Å². The SMILES string of the molecule is COc1cc2c(cc1OCCCCN1CCN(CCCn3c4ccccc4c4ccccc43)CC1)N=C[C@@H]1CCCN1C2=O. The lowest BCUT2D eigenvalue weighted by atomic mass is 10.1. The minimum Gasteiger partial charge on any atom is -0.493 e. The van der Waals surface area contributed by atoms with Crippen LogP contribution < -0.4 is 9.47 Å². The molecule has 0 radical (unpaired) electrons. The Bertz CT molecular complexity index is 1600. The van der Waals surface area contributed by atoms with Crippen molar-refractivity contribution >= 4 is 39.6 Å². The van der Waals surface area contributed by atoms with Gasteiger partial charge in [-0.25, -0.2) is 0 Å². The molecule has 8 heteroatoms. The number of ether oxygens (including phenoxy) is 2. The van der Waals surface area contributed by atoms with Crippen LogP contribution in [0.4, 0.5) is 5.69 Å². The molecule has 4 aromatic rings. The molecule has 0 aliphatic carbocycles. The van der Waals surface area contributed by atoms with Crippen LogP contribution in [0, 0.1) is 0 Å². The topological polar surface area (TPSA) is 62.5 Å². The molecule has 2 fully saturated rings. The highest BCUT2D eigenvalue weighted by molar-refractivity contribution is 6.08. The summed E-state index contributed by atoms with van der Waals surface area (Å²) < 4.78 is 14.2. The lowest BCUT2D eigenvalue weighted by Crippen LogP contribution is -2.46. The summed E-state index contributed by atoms with van der Waals surface area (Å²) >= 11 is 0. The number of unbranched alkanes of at least 4 members (excludes halogenated alkanes) is 1. The number of aryl methyl sites for hydroxylation is 1. The fourth-order valence-electron chi connectivity index (χ4n) is 7.17. The molecule has 8 nitrogen and oxygen atoms in total. The standard InChI is InChI=1S/C36H43N5O3/c1-43-34-24-30-31(37-26-27-10-8-17-40(27)36(30)42)25-35(34)44-23-7-6-15-38-19-21-39(22-20-38)16-9-18-41-32-13-4-2-11-28(32)29-12-3-5-14-33(29)41/h2-5,11-14,24-27H,6-10,15-23H2,1H3/t27-/m0/s1. The molecule has 1 atom stereocenters. The molecule has 3 aliphatic rings. The van der Waals surface area contributed by atoms with Crippen molar-refractivity contribution in [1.82, 2.24) is 19.3 Å². The Labute approximate surface area is 259 Å². The summed E-state index contributed by atoms with van der Waals surface area (Å²) in [6, 6.07) is 21.3. The number of carbonyl (C=O) groups excluding carboxylic acids is 1. The van der Waals surface area contributed by atoms with Crippen LogP contribution in [0.2, 0.25) is 0 Å². The van der Waals surface area contributed by atoms with E-state index in [-0.39, 0.29) is 11.9 Å². The minimum absolute atomic E-state index is 0.0353. The van der Waals surface area contributed by atoms with E-state index in [1.165, 1.54) is 21.8 Å². The molecular formula is C36H43N5O3. The Morgan fingerprint density at radius 3 is 2.18 bits per heavy atom. The van der Waals surface area contributed by atoms with Crippen molar-refractivity contribution in [3.63, 3.8) is 0 Å². The molecule has 230 valence electrons. The number of hydrogen-bond acceptors (Lipinski definition) is 6. The average Bonchev–Trinajstić information content (AvgIpc) is 3.63. The third-order valence-electron chi connectivity index (χ3n) is 9.59. The number of methoxy groups -OCH3 is 1. The van der Waals surface area contributed by atoms with Crippen molar-refractivity contribution in [2.24, 2.45) is 4.99 Å². The second-order valence-corrected chi connectivity index (χ2v) is 12.3. The summed E-state index contributed by atoms with van der Waals surface area (Å²) in [6.07, 6.45) is 7.13. The molecule has 0 bridgehead atoms. The number of benzene rings is 3. The first-order valence-corrected chi connectivity index (χ1v) is 16.3. The number of aromatic nitrogens is 1. The third-order valence-corrected chi connectivity index (χ3v) is 9.59. The summed E-state index contributed by atoms with van der Waals surface area (Å²) in [5.74, 6) is 1.29. The van der Waals surface area contributed by atoms with Crippen molar-refractivity contribution < 1.29 is 14.3 Å². The van der Waals surface area contributed by atoms with E-state index in [9.17, 15) is 4.79 Å². The molecular weight excluding hydrogens is 550 g/mol. The van der Waals surface area contributed by atoms with Crippen LogP contribution in [-0.2, 0) is 6.54 Å². The number of para-hydroxylation sites is 2. The number of nitrogens with zero attached hydrogens (tertiary/aromatic N) is 5. The van der Waals surface area contributed by atoms with Crippen molar-refractivity contribution in [2.45, 2.75) is 44.7 Å². The Morgan fingerprint density at radius 1 is 0.795 bits per heavy atom. The van der Waals surface area contributed by atoms with E-state index in [1.807, 2.05) is 17.2 Å².